The Kier molecular flexibility index (Phi) is 6.19. The van der Waals surface area contributed by atoms with Gasteiger partial charge in [0.15, 0.2) is 5.65 Å². The van der Waals surface area contributed by atoms with Crippen LogP contribution in [0, 0.1) is 0 Å². The zero-order valence-corrected chi connectivity index (χ0v) is 20.1. The molecule has 5 rings (SSSR count). The summed E-state index contributed by atoms with van der Waals surface area (Å²) in [5, 5.41) is 16.1. The molecule has 0 aliphatic carbocycles. The van der Waals surface area contributed by atoms with E-state index >= 15 is 0 Å². The molecule has 1 aliphatic rings. The van der Waals surface area contributed by atoms with Crippen LogP contribution in [0.3, 0.4) is 0 Å². The molecule has 10 heteroatoms. The maximum atomic E-state index is 13.1. The van der Waals surface area contributed by atoms with Crippen molar-refractivity contribution in [2.75, 3.05) is 27.3 Å². The van der Waals surface area contributed by atoms with Crippen LogP contribution in [0.5, 0.6) is 11.5 Å². The number of benzene rings is 2. The number of ether oxygens (including phenoxy) is 2. The number of hydrogen-bond acceptors (Lipinski definition) is 7. The molecule has 4 aromatic rings. The molecule has 2 aromatic heterocycles. The van der Waals surface area contributed by atoms with Gasteiger partial charge in [-0.3, -0.25) is 9.59 Å². The van der Waals surface area contributed by atoms with Crippen LogP contribution in [0.1, 0.15) is 28.8 Å². The van der Waals surface area contributed by atoms with Crippen LogP contribution in [-0.4, -0.2) is 68.6 Å². The van der Waals surface area contributed by atoms with E-state index in [0.29, 0.717) is 60.4 Å². The van der Waals surface area contributed by atoms with Gasteiger partial charge < -0.3 is 24.5 Å². The number of carbonyl (C=O) groups excluding carboxylic acids is 1. The molecule has 1 amide bonds. The van der Waals surface area contributed by atoms with Crippen LogP contribution in [0.25, 0.3) is 16.7 Å². The molecule has 2 aromatic carbocycles. The normalized spacial score (nSPS) is 15.1. The maximum absolute atomic E-state index is 13.1. The van der Waals surface area contributed by atoms with Crippen molar-refractivity contribution in [3.63, 3.8) is 0 Å². The lowest BCUT2D eigenvalue weighted by Gasteiger charge is -2.38. The molecule has 1 aliphatic heterocycles. The number of fused-ring (bicyclic) bond motifs is 1. The van der Waals surface area contributed by atoms with Crippen molar-refractivity contribution in [3.05, 3.63) is 76.5 Å². The van der Waals surface area contributed by atoms with Crippen molar-refractivity contribution < 1.29 is 19.4 Å². The topological polar surface area (TPSA) is 123 Å². The first-order valence-corrected chi connectivity index (χ1v) is 11.6. The molecule has 3 heterocycles. The number of H-pyrrole nitrogens is 1. The van der Waals surface area contributed by atoms with Crippen molar-refractivity contribution in [2.24, 2.45) is 0 Å². The minimum Gasteiger partial charge on any atom is -0.497 e. The highest BCUT2D eigenvalue weighted by Gasteiger charge is 2.34. The third-order valence-electron chi connectivity index (χ3n) is 6.64. The second-order valence-corrected chi connectivity index (χ2v) is 8.99. The summed E-state index contributed by atoms with van der Waals surface area (Å²) in [5.41, 5.74) is 1.46. The van der Waals surface area contributed by atoms with Gasteiger partial charge in [-0.25, -0.2) is 9.67 Å². The summed E-state index contributed by atoms with van der Waals surface area (Å²) in [4.78, 5) is 33.7. The van der Waals surface area contributed by atoms with Gasteiger partial charge in [0.05, 0.1) is 38.0 Å². The monoisotopic (exact) mass is 489 g/mol. The molecule has 0 spiro atoms. The van der Waals surface area contributed by atoms with Crippen LogP contribution >= 0.6 is 0 Å². The molecule has 0 bridgehead atoms. The van der Waals surface area contributed by atoms with Crippen LogP contribution in [0.15, 0.2) is 59.8 Å². The van der Waals surface area contributed by atoms with Crippen molar-refractivity contribution in [3.8, 4) is 17.2 Å². The zero-order chi connectivity index (χ0) is 25.3. The fourth-order valence-electron chi connectivity index (χ4n) is 4.64. The molecule has 0 radical (unpaired) electrons. The summed E-state index contributed by atoms with van der Waals surface area (Å²) in [6.07, 6.45) is 4.18. The van der Waals surface area contributed by atoms with Crippen molar-refractivity contribution in [2.45, 2.75) is 24.9 Å². The number of aromatic nitrogens is 4. The van der Waals surface area contributed by atoms with Crippen molar-refractivity contribution in [1.29, 1.82) is 0 Å². The number of rotatable bonds is 6. The summed E-state index contributed by atoms with van der Waals surface area (Å²) in [5.74, 6) is 0.982. The third-order valence-corrected chi connectivity index (χ3v) is 6.64. The van der Waals surface area contributed by atoms with E-state index in [4.69, 9.17) is 9.47 Å². The van der Waals surface area contributed by atoms with E-state index in [2.05, 4.69) is 15.1 Å². The third kappa shape index (κ3) is 4.55. The summed E-state index contributed by atoms with van der Waals surface area (Å²) in [6.45, 7) is 0.871. The number of aliphatic hydroxyl groups is 1. The molecule has 186 valence electrons. The first kappa shape index (κ1) is 23.6. The summed E-state index contributed by atoms with van der Waals surface area (Å²) >= 11 is 0. The quantitative estimate of drug-likeness (QED) is 0.426. The Morgan fingerprint density at radius 2 is 1.83 bits per heavy atom. The van der Waals surface area contributed by atoms with Gasteiger partial charge in [0.1, 0.15) is 16.9 Å². The van der Waals surface area contributed by atoms with Gasteiger partial charge in [-0.1, -0.05) is 12.1 Å². The molecular weight excluding hydrogens is 462 g/mol. The number of piperidine rings is 1. The van der Waals surface area contributed by atoms with Gasteiger partial charge in [0.25, 0.3) is 11.5 Å². The lowest BCUT2D eigenvalue weighted by atomic mass is 9.85. The molecule has 0 saturated carbocycles. The summed E-state index contributed by atoms with van der Waals surface area (Å²) < 4.78 is 12.2. The van der Waals surface area contributed by atoms with Crippen LogP contribution in [0.4, 0.5) is 0 Å². The number of carbonyl (C=O) groups is 1. The van der Waals surface area contributed by atoms with E-state index in [1.807, 2.05) is 24.3 Å². The molecule has 1 fully saturated rings. The molecule has 2 N–H and O–H groups in total. The highest BCUT2D eigenvalue weighted by atomic mass is 16.5. The van der Waals surface area contributed by atoms with Crippen LogP contribution in [0.2, 0.25) is 0 Å². The summed E-state index contributed by atoms with van der Waals surface area (Å²) in [6, 6.07) is 12.8. The SMILES string of the molecule is COc1cc(OC)cc(C(=O)N2CCC(O)(Cc3cccc(-n4ncc5c(=O)[nH]cnc54)c3)CC2)c1. The maximum Gasteiger partial charge on any atom is 0.261 e. The Hall–Kier alpha value is -4.18. The minimum atomic E-state index is -0.941. The van der Waals surface area contributed by atoms with E-state index in [0.717, 1.165) is 11.3 Å². The second-order valence-electron chi connectivity index (χ2n) is 8.99. The van der Waals surface area contributed by atoms with Gasteiger partial charge in [-0.05, 0) is 42.7 Å². The lowest BCUT2D eigenvalue weighted by Crippen LogP contribution is -2.47. The highest BCUT2D eigenvalue weighted by Crippen LogP contribution is 2.30. The van der Waals surface area contributed by atoms with E-state index in [1.54, 1.807) is 42.0 Å². The van der Waals surface area contributed by atoms with Gasteiger partial charge in [0, 0.05) is 31.1 Å². The number of hydrogen-bond donors (Lipinski definition) is 2. The van der Waals surface area contributed by atoms with Gasteiger partial charge in [-0.15, -0.1) is 0 Å². The highest BCUT2D eigenvalue weighted by molar-refractivity contribution is 5.95. The van der Waals surface area contributed by atoms with E-state index in [-0.39, 0.29) is 11.5 Å². The Morgan fingerprint density at radius 3 is 2.53 bits per heavy atom. The molecule has 0 atom stereocenters. The Morgan fingerprint density at radius 1 is 1.11 bits per heavy atom. The molecular formula is C26H27N5O5. The lowest BCUT2D eigenvalue weighted by molar-refractivity contribution is -0.0162. The van der Waals surface area contributed by atoms with Gasteiger partial charge in [-0.2, -0.15) is 5.10 Å². The number of methoxy groups -OCH3 is 2. The molecule has 1 saturated heterocycles. The van der Waals surface area contributed by atoms with Gasteiger partial charge >= 0.3 is 0 Å². The first-order valence-electron chi connectivity index (χ1n) is 11.6. The van der Waals surface area contributed by atoms with E-state index in [9.17, 15) is 14.7 Å². The molecule has 36 heavy (non-hydrogen) atoms. The minimum absolute atomic E-state index is 0.121. The average molecular weight is 490 g/mol. The number of nitrogens with one attached hydrogen (secondary N) is 1. The van der Waals surface area contributed by atoms with Crippen LogP contribution in [-0.2, 0) is 6.42 Å². The first-order chi connectivity index (χ1) is 17.4. The summed E-state index contributed by atoms with van der Waals surface area (Å²) in [7, 11) is 3.09. The standard InChI is InChI=1S/C26H27N5O5/c1-35-20-11-18(12-21(13-20)36-2)25(33)30-8-6-26(34,7-9-30)14-17-4-3-5-19(10-17)31-23-22(15-29-31)24(32)28-16-27-23/h3-5,10-13,15-16,34H,6-9,14H2,1-2H3,(H,27,28,32). The Labute approximate surface area is 207 Å². The van der Waals surface area contributed by atoms with Gasteiger partial charge in [0.2, 0.25) is 0 Å². The fraction of sp³-hybridized carbons (Fsp3) is 0.308. The van der Waals surface area contributed by atoms with Crippen LogP contribution < -0.4 is 15.0 Å². The number of nitrogens with zero attached hydrogens (tertiary/aromatic N) is 4. The predicted molar refractivity (Wildman–Crippen MR) is 133 cm³/mol. The predicted octanol–water partition coefficient (Wildman–Crippen LogP) is 2.34. The largest absolute Gasteiger partial charge is 0.497 e. The Bertz CT molecular complexity index is 1450. The zero-order valence-electron chi connectivity index (χ0n) is 20.1. The smallest absolute Gasteiger partial charge is 0.261 e. The molecule has 0 unspecified atom stereocenters. The average Bonchev–Trinajstić information content (AvgIpc) is 3.34. The van der Waals surface area contributed by atoms with Crippen molar-refractivity contribution >= 4 is 16.9 Å². The second kappa shape index (κ2) is 9.46. The van der Waals surface area contributed by atoms with Crippen molar-refractivity contribution in [1.82, 2.24) is 24.6 Å². The number of amides is 1. The number of aromatic amines is 1. The van der Waals surface area contributed by atoms with E-state index in [1.165, 1.54) is 12.5 Å². The molecule has 10 nitrogen and oxygen atoms in total. The fourth-order valence-corrected chi connectivity index (χ4v) is 4.64. The Balaban J connectivity index is 1.29. The number of likely N-dealkylation sites (tertiary alicyclic amines) is 1. The van der Waals surface area contributed by atoms with E-state index < -0.39 is 5.60 Å².